The van der Waals surface area contributed by atoms with Crippen molar-refractivity contribution in [2.24, 2.45) is 5.84 Å². The van der Waals surface area contributed by atoms with Crippen molar-refractivity contribution in [2.45, 2.75) is 45.4 Å². The van der Waals surface area contributed by atoms with Crippen LogP contribution in [0.2, 0.25) is 0 Å². The van der Waals surface area contributed by atoms with Gasteiger partial charge in [-0.25, -0.2) is 15.8 Å². The lowest BCUT2D eigenvalue weighted by Gasteiger charge is -2.15. The molecule has 0 fully saturated rings. The summed E-state index contributed by atoms with van der Waals surface area (Å²) in [5.74, 6) is 7.18. The molecule has 0 atom stereocenters. The summed E-state index contributed by atoms with van der Waals surface area (Å²) in [4.78, 5) is 11.8. The van der Waals surface area contributed by atoms with Gasteiger partial charge in [0, 0.05) is 16.1 Å². The molecule has 2 aromatic heterocycles. The third-order valence-corrected chi connectivity index (χ3v) is 5.14. The summed E-state index contributed by atoms with van der Waals surface area (Å²) in [6, 6.07) is 4.29. The van der Waals surface area contributed by atoms with Gasteiger partial charge in [0.15, 0.2) is 5.82 Å². The van der Waals surface area contributed by atoms with E-state index in [1.807, 2.05) is 0 Å². The monoisotopic (exact) mass is 288 g/mol. The zero-order chi connectivity index (χ0) is 14.3. The molecule has 0 saturated carbocycles. The van der Waals surface area contributed by atoms with Crippen LogP contribution < -0.4 is 11.3 Å². The molecule has 0 bridgehead atoms. The largest absolute Gasteiger partial charge is 0.308 e. The van der Waals surface area contributed by atoms with Gasteiger partial charge in [0.05, 0.1) is 4.88 Å². The Kier molecular flexibility index (Phi) is 3.26. The summed E-state index contributed by atoms with van der Waals surface area (Å²) < 4.78 is 0. The zero-order valence-electron chi connectivity index (χ0n) is 12.2. The number of nitrogens with one attached hydrogen (secondary N) is 1. The minimum atomic E-state index is 0.161. The Bertz CT molecular complexity index is 640. The first-order valence-corrected chi connectivity index (χ1v) is 7.78. The maximum Gasteiger partial charge on any atom is 0.171 e. The minimum absolute atomic E-state index is 0.161. The van der Waals surface area contributed by atoms with Gasteiger partial charge in [-0.1, -0.05) is 20.8 Å². The predicted octanol–water partition coefficient (Wildman–Crippen LogP) is 3.28. The molecule has 3 N–H and O–H groups in total. The molecular weight excluding hydrogens is 268 g/mol. The maximum absolute atomic E-state index is 5.61. The van der Waals surface area contributed by atoms with Crippen molar-refractivity contribution in [3.05, 3.63) is 28.3 Å². The third-order valence-electron chi connectivity index (χ3n) is 3.64. The van der Waals surface area contributed by atoms with E-state index in [0.717, 1.165) is 41.5 Å². The van der Waals surface area contributed by atoms with Crippen molar-refractivity contribution in [2.75, 3.05) is 5.43 Å². The summed E-state index contributed by atoms with van der Waals surface area (Å²) in [5.41, 5.74) is 5.22. The third kappa shape index (κ3) is 2.31. The Morgan fingerprint density at radius 2 is 2.00 bits per heavy atom. The van der Waals surface area contributed by atoms with Crippen molar-refractivity contribution in [3.63, 3.8) is 0 Å². The van der Waals surface area contributed by atoms with E-state index in [2.05, 4.69) is 43.3 Å². The summed E-state index contributed by atoms with van der Waals surface area (Å²) >= 11 is 1.76. The number of aryl methyl sites for hydroxylation is 1. The molecule has 0 saturated heterocycles. The van der Waals surface area contributed by atoms with E-state index in [0.29, 0.717) is 0 Å². The van der Waals surface area contributed by atoms with Crippen LogP contribution in [0.15, 0.2) is 12.1 Å². The van der Waals surface area contributed by atoms with Gasteiger partial charge >= 0.3 is 0 Å². The van der Waals surface area contributed by atoms with Crippen molar-refractivity contribution < 1.29 is 0 Å². The minimum Gasteiger partial charge on any atom is -0.308 e. The van der Waals surface area contributed by atoms with Crippen molar-refractivity contribution in [1.29, 1.82) is 0 Å². The van der Waals surface area contributed by atoms with Gasteiger partial charge in [-0.2, -0.15) is 0 Å². The predicted molar refractivity (Wildman–Crippen MR) is 83.9 cm³/mol. The lowest BCUT2D eigenvalue weighted by molar-refractivity contribution is 0.604. The summed E-state index contributed by atoms with van der Waals surface area (Å²) in [7, 11) is 0. The number of hydrazine groups is 1. The Hall–Kier alpha value is -1.46. The fraction of sp³-hybridized carbons (Fsp3) is 0.467. The number of hydrogen-bond acceptors (Lipinski definition) is 5. The first-order chi connectivity index (χ1) is 9.49. The van der Waals surface area contributed by atoms with Crippen LogP contribution >= 0.6 is 11.3 Å². The molecule has 106 valence electrons. The molecule has 5 heteroatoms. The number of nitrogens with zero attached hydrogens (tertiary/aromatic N) is 2. The van der Waals surface area contributed by atoms with Gasteiger partial charge in [-0.05, 0) is 36.8 Å². The lowest BCUT2D eigenvalue weighted by atomic mass is 9.95. The number of thiophene rings is 1. The van der Waals surface area contributed by atoms with Gasteiger partial charge in [-0.15, -0.1) is 11.3 Å². The van der Waals surface area contributed by atoms with E-state index in [1.54, 1.807) is 11.3 Å². The maximum atomic E-state index is 5.61. The highest BCUT2D eigenvalue weighted by Crippen LogP contribution is 2.35. The van der Waals surface area contributed by atoms with Gasteiger partial charge in [0.1, 0.15) is 5.82 Å². The van der Waals surface area contributed by atoms with Crippen LogP contribution in [0.25, 0.3) is 10.7 Å². The molecule has 0 amide bonds. The summed E-state index contributed by atoms with van der Waals surface area (Å²) in [5, 5.41) is 0. The molecular formula is C15H20N4S. The number of hydrogen-bond donors (Lipinski definition) is 2. The summed E-state index contributed by atoms with van der Waals surface area (Å²) in [6.07, 6.45) is 3.18. The number of nitrogens with two attached hydrogens (primary N) is 1. The molecule has 0 aromatic carbocycles. The fourth-order valence-corrected chi connectivity index (χ4v) is 3.52. The highest BCUT2D eigenvalue weighted by atomic mass is 32.1. The van der Waals surface area contributed by atoms with Crippen molar-refractivity contribution in [1.82, 2.24) is 9.97 Å². The molecule has 0 spiro atoms. The topological polar surface area (TPSA) is 63.8 Å². The van der Waals surface area contributed by atoms with E-state index in [-0.39, 0.29) is 5.41 Å². The normalized spacial score (nSPS) is 14.4. The van der Waals surface area contributed by atoms with E-state index in [4.69, 9.17) is 10.8 Å². The lowest BCUT2D eigenvalue weighted by Crippen LogP contribution is -2.12. The highest BCUT2D eigenvalue weighted by molar-refractivity contribution is 7.15. The van der Waals surface area contributed by atoms with Crippen LogP contribution in [0, 0.1) is 0 Å². The van der Waals surface area contributed by atoms with E-state index >= 15 is 0 Å². The molecule has 2 heterocycles. The molecule has 2 aromatic rings. The van der Waals surface area contributed by atoms with Crippen LogP contribution in [0.3, 0.4) is 0 Å². The molecule has 1 aliphatic carbocycles. The quantitative estimate of drug-likeness (QED) is 0.657. The highest BCUT2D eigenvalue weighted by Gasteiger charge is 2.21. The van der Waals surface area contributed by atoms with Crippen molar-refractivity contribution >= 4 is 17.2 Å². The first kappa shape index (κ1) is 13.5. The zero-order valence-corrected chi connectivity index (χ0v) is 13.0. The number of aromatic nitrogens is 2. The molecule has 0 radical (unpaired) electrons. The van der Waals surface area contributed by atoms with Gasteiger partial charge in [0.2, 0.25) is 0 Å². The number of rotatable bonds is 2. The second-order valence-corrected chi connectivity index (χ2v) is 7.32. The molecule has 0 unspecified atom stereocenters. The Labute approximate surface area is 123 Å². The average molecular weight is 288 g/mol. The van der Waals surface area contributed by atoms with Crippen LogP contribution in [0.5, 0.6) is 0 Å². The standard InChI is InChI=1S/C15H20N4S/c1-15(2,3)12-8-7-11(20-12)14-17-10-6-4-5-9(10)13(18-14)19-16/h7-8H,4-6,16H2,1-3H3,(H,17,18,19). The Balaban J connectivity index is 2.05. The second-order valence-electron chi connectivity index (χ2n) is 6.23. The van der Waals surface area contributed by atoms with Gasteiger partial charge in [-0.3, -0.25) is 0 Å². The summed E-state index contributed by atoms with van der Waals surface area (Å²) in [6.45, 7) is 6.66. The van der Waals surface area contributed by atoms with Gasteiger partial charge < -0.3 is 5.43 Å². The Morgan fingerprint density at radius 1 is 1.20 bits per heavy atom. The number of fused-ring (bicyclic) bond motifs is 1. The smallest absolute Gasteiger partial charge is 0.171 e. The molecule has 1 aliphatic rings. The van der Waals surface area contributed by atoms with E-state index < -0.39 is 0 Å². The molecule has 0 aliphatic heterocycles. The number of anilines is 1. The molecule has 3 rings (SSSR count). The Morgan fingerprint density at radius 3 is 2.65 bits per heavy atom. The fourth-order valence-electron chi connectivity index (χ4n) is 2.52. The van der Waals surface area contributed by atoms with Gasteiger partial charge in [0.25, 0.3) is 0 Å². The molecule has 20 heavy (non-hydrogen) atoms. The first-order valence-electron chi connectivity index (χ1n) is 6.96. The second kappa shape index (κ2) is 4.82. The van der Waals surface area contributed by atoms with Crippen LogP contribution in [0.1, 0.15) is 43.3 Å². The van der Waals surface area contributed by atoms with Crippen LogP contribution in [-0.2, 0) is 18.3 Å². The number of nitrogen functional groups attached to an aromatic ring is 1. The molecule has 4 nitrogen and oxygen atoms in total. The van der Waals surface area contributed by atoms with Crippen LogP contribution in [-0.4, -0.2) is 9.97 Å². The van der Waals surface area contributed by atoms with E-state index in [9.17, 15) is 0 Å². The van der Waals surface area contributed by atoms with Crippen molar-refractivity contribution in [3.8, 4) is 10.7 Å². The average Bonchev–Trinajstić information content (AvgIpc) is 3.05. The van der Waals surface area contributed by atoms with Crippen LogP contribution in [0.4, 0.5) is 5.82 Å². The SMILES string of the molecule is CC(C)(C)c1ccc(-c2nc3c(c(NN)n2)CCC3)s1. The van der Waals surface area contributed by atoms with E-state index in [1.165, 1.54) is 10.4 Å².